The van der Waals surface area contributed by atoms with Gasteiger partial charge < -0.3 is 0 Å². The molecule has 0 radical (unpaired) electrons. The van der Waals surface area contributed by atoms with Gasteiger partial charge in [-0.05, 0) is 17.7 Å². The summed E-state index contributed by atoms with van der Waals surface area (Å²) in [6.07, 6.45) is 0. The number of alkyl halides is 1. The average Bonchev–Trinajstić information content (AvgIpc) is 2.33. The Balaban J connectivity index is 2.72. The number of rotatable bonds is 2. The Morgan fingerprint density at radius 1 is 1.00 bits per heavy atom. The van der Waals surface area contributed by atoms with Crippen molar-refractivity contribution in [2.45, 2.75) is 5.88 Å². The first-order chi connectivity index (χ1) is 8.15. The van der Waals surface area contributed by atoms with Gasteiger partial charge in [-0.15, -0.1) is 11.6 Å². The molecule has 0 aliphatic heterocycles. The third kappa shape index (κ3) is 2.42. The van der Waals surface area contributed by atoms with Gasteiger partial charge in [-0.3, -0.25) is 0 Å². The van der Waals surface area contributed by atoms with E-state index in [0.717, 1.165) is 0 Å². The van der Waals surface area contributed by atoms with E-state index in [4.69, 9.17) is 34.8 Å². The van der Waals surface area contributed by atoms with Gasteiger partial charge in [0.2, 0.25) is 0 Å². The van der Waals surface area contributed by atoms with Gasteiger partial charge in [-0.1, -0.05) is 47.5 Å². The van der Waals surface area contributed by atoms with Gasteiger partial charge in [-0.2, -0.15) is 0 Å². The van der Waals surface area contributed by atoms with Crippen molar-refractivity contribution >= 4 is 34.8 Å². The minimum absolute atomic E-state index is 0.218. The van der Waals surface area contributed by atoms with Crippen LogP contribution < -0.4 is 0 Å². The maximum atomic E-state index is 13.9. The third-order valence-corrected chi connectivity index (χ3v) is 3.57. The van der Waals surface area contributed by atoms with E-state index < -0.39 is 0 Å². The Kier molecular flexibility index (Phi) is 3.93. The van der Waals surface area contributed by atoms with Gasteiger partial charge in [0.15, 0.2) is 0 Å². The molecule has 0 atom stereocenters. The molecule has 0 heterocycles. The highest BCUT2D eigenvalue weighted by atomic mass is 35.5. The van der Waals surface area contributed by atoms with E-state index >= 15 is 0 Å². The molecule has 0 spiro atoms. The summed E-state index contributed by atoms with van der Waals surface area (Å²) in [6.45, 7) is 0. The highest BCUT2D eigenvalue weighted by Gasteiger charge is 2.14. The molecule has 0 N–H and O–H groups in total. The van der Waals surface area contributed by atoms with E-state index in [9.17, 15) is 4.39 Å². The normalized spacial score (nSPS) is 10.6. The fourth-order valence-corrected chi connectivity index (χ4v) is 2.30. The van der Waals surface area contributed by atoms with Crippen LogP contribution in [0.25, 0.3) is 11.1 Å². The maximum Gasteiger partial charge on any atom is 0.131 e. The molecule has 17 heavy (non-hydrogen) atoms. The Morgan fingerprint density at radius 3 is 2.41 bits per heavy atom. The predicted molar refractivity (Wildman–Crippen MR) is 71.4 cm³/mol. The molecule has 0 unspecified atom stereocenters. The summed E-state index contributed by atoms with van der Waals surface area (Å²) in [5.41, 5.74) is 1.67. The van der Waals surface area contributed by atoms with Gasteiger partial charge in [0.05, 0.1) is 10.0 Å². The van der Waals surface area contributed by atoms with Gasteiger partial charge in [0, 0.05) is 17.0 Å². The third-order valence-electron chi connectivity index (χ3n) is 2.46. The largest absolute Gasteiger partial charge is 0.206 e. The number of hydrogen-bond acceptors (Lipinski definition) is 0. The monoisotopic (exact) mass is 288 g/mol. The molecule has 0 nitrogen and oxygen atoms in total. The lowest BCUT2D eigenvalue weighted by atomic mass is 10.00. The molecule has 0 bridgehead atoms. The molecule has 0 saturated carbocycles. The van der Waals surface area contributed by atoms with Crippen LogP contribution in [0.3, 0.4) is 0 Å². The molecule has 0 aliphatic rings. The van der Waals surface area contributed by atoms with Crippen LogP contribution in [0.4, 0.5) is 4.39 Å². The summed E-state index contributed by atoms with van der Waals surface area (Å²) in [5, 5.41) is 0.735. The van der Waals surface area contributed by atoms with E-state index in [1.807, 2.05) is 0 Å². The summed E-state index contributed by atoms with van der Waals surface area (Å²) in [6, 6.07) is 9.88. The van der Waals surface area contributed by atoms with Crippen LogP contribution in [-0.2, 0) is 5.88 Å². The van der Waals surface area contributed by atoms with Gasteiger partial charge in [0.1, 0.15) is 5.82 Å². The van der Waals surface area contributed by atoms with Crippen LogP contribution >= 0.6 is 34.8 Å². The second kappa shape index (κ2) is 5.26. The Labute approximate surface area is 114 Å². The molecule has 0 saturated heterocycles. The Bertz CT molecular complexity index is 552. The zero-order chi connectivity index (χ0) is 12.4. The molecular weight excluding hydrogens is 282 g/mol. The molecule has 2 aromatic rings. The summed E-state index contributed by atoms with van der Waals surface area (Å²) >= 11 is 17.8. The molecule has 88 valence electrons. The first-order valence-electron chi connectivity index (χ1n) is 4.93. The van der Waals surface area contributed by atoms with Crippen LogP contribution in [0.1, 0.15) is 5.56 Å². The van der Waals surface area contributed by atoms with Crippen molar-refractivity contribution in [1.82, 2.24) is 0 Å². The number of halogens is 4. The minimum Gasteiger partial charge on any atom is -0.206 e. The molecule has 2 rings (SSSR count). The van der Waals surface area contributed by atoms with E-state index in [2.05, 4.69) is 0 Å². The van der Waals surface area contributed by atoms with Crippen molar-refractivity contribution in [3.63, 3.8) is 0 Å². The summed E-state index contributed by atoms with van der Waals surface area (Å²) in [4.78, 5) is 0. The van der Waals surface area contributed by atoms with Crippen LogP contribution in [0, 0.1) is 5.82 Å². The predicted octanol–water partition coefficient (Wildman–Crippen LogP) is 5.54. The van der Waals surface area contributed by atoms with E-state index in [0.29, 0.717) is 26.7 Å². The van der Waals surface area contributed by atoms with E-state index in [1.54, 1.807) is 30.3 Å². The topological polar surface area (TPSA) is 0 Å². The molecule has 0 aromatic heterocycles. The average molecular weight is 290 g/mol. The van der Waals surface area contributed by atoms with Crippen LogP contribution in [0.15, 0.2) is 36.4 Å². The van der Waals surface area contributed by atoms with Crippen molar-refractivity contribution in [2.75, 3.05) is 0 Å². The lowest BCUT2D eigenvalue weighted by molar-refractivity contribution is 0.630. The second-order valence-electron chi connectivity index (χ2n) is 3.51. The van der Waals surface area contributed by atoms with Crippen LogP contribution in [0.2, 0.25) is 10.0 Å². The van der Waals surface area contributed by atoms with Crippen molar-refractivity contribution < 1.29 is 4.39 Å². The maximum absolute atomic E-state index is 13.9. The van der Waals surface area contributed by atoms with E-state index in [1.165, 1.54) is 6.07 Å². The molecule has 2 aromatic carbocycles. The molecular formula is C13H8Cl3F. The smallest absolute Gasteiger partial charge is 0.131 e. The summed E-state index contributed by atoms with van der Waals surface area (Å²) in [5.74, 6) is -0.136. The molecule has 4 heteroatoms. The number of hydrogen-bond donors (Lipinski definition) is 0. The lowest BCUT2D eigenvalue weighted by Gasteiger charge is -2.11. The lowest BCUT2D eigenvalue weighted by Crippen LogP contribution is -1.92. The second-order valence-corrected chi connectivity index (χ2v) is 4.56. The van der Waals surface area contributed by atoms with Gasteiger partial charge in [0.25, 0.3) is 0 Å². The zero-order valence-electron chi connectivity index (χ0n) is 8.68. The zero-order valence-corrected chi connectivity index (χ0v) is 11.0. The van der Waals surface area contributed by atoms with Crippen molar-refractivity contribution in [1.29, 1.82) is 0 Å². The van der Waals surface area contributed by atoms with Crippen molar-refractivity contribution in [2.24, 2.45) is 0 Å². The first-order valence-corrected chi connectivity index (χ1v) is 6.22. The molecule has 0 fully saturated rings. The summed E-state index contributed by atoms with van der Waals surface area (Å²) < 4.78 is 13.9. The SMILES string of the molecule is Fc1cccc(CCl)c1-c1cccc(Cl)c1Cl. The van der Waals surface area contributed by atoms with Gasteiger partial charge >= 0.3 is 0 Å². The fraction of sp³-hybridized carbons (Fsp3) is 0.0769. The quantitative estimate of drug-likeness (QED) is 0.637. The molecule has 0 aliphatic carbocycles. The van der Waals surface area contributed by atoms with Crippen molar-refractivity contribution in [3.8, 4) is 11.1 Å². The van der Waals surface area contributed by atoms with Crippen LogP contribution in [-0.4, -0.2) is 0 Å². The van der Waals surface area contributed by atoms with Gasteiger partial charge in [-0.25, -0.2) is 4.39 Å². The summed E-state index contributed by atoms with van der Waals surface area (Å²) in [7, 11) is 0. The first kappa shape index (κ1) is 12.7. The standard InChI is InChI=1S/C13H8Cl3F/c14-7-8-3-1-6-11(17)12(8)9-4-2-5-10(15)13(9)16/h1-6H,7H2. The van der Waals surface area contributed by atoms with Crippen LogP contribution in [0.5, 0.6) is 0 Å². The Morgan fingerprint density at radius 2 is 1.71 bits per heavy atom. The highest BCUT2D eigenvalue weighted by molar-refractivity contribution is 6.43. The Hall–Kier alpha value is -0.760. The highest BCUT2D eigenvalue weighted by Crippen LogP contribution is 2.37. The molecule has 0 amide bonds. The van der Waals surface area contributed by atoms with E-state index in [-0.39, 0.29) is 11.7 Å². The number of benzene rings is 2. The van der Waals surface area contributed by atoms with Crippen molar-refractivity contribution in [3.05, 3.63) is 57.8 Å². The fourth-order valence-electron chi connectivity index (χ4n) is 1.68. The minimum atomic E-state index is -0.354.